The van der Waals surface area contributed by atoms with Crippen molar-refractivity contribution in [3.05, 3.63) is 40.6 Å². The molecule has 0 spiro atoms. The van der Waals surface area contributed by atoms with E-state index in [1.54, 1.807) is 0 Å². The van der Waals surface area contributed by atoms with Crippen LogP contribution in [0.3, 0.4) is 0 Å². The molecule has 1 aromatic carbocycles. The minimum absolute atomic E-state index is 0.810. The van der Waals surface area contributed by atoms with Crippen molar-refractivity contribution >= 4 is 28.1 Å². The molecule has 2 aromatic rings. The van der Waals surface area contributed by atoms with E-state index in [9.17, 15) is 0 Å². The van der Waals surface area contributed by atoms with Gasteiger partial charge in [-0.3, -0.25) is 0 Å². The van der Waals surface area contributed by atoms with Crippen LogP contribution >= 0.6 is 11.6 Å². The number of fused-ring (bicyclic) bond motifs is 1. The van der Waals surface area contributed by atoms with Crippen molar-refractivity contribution in [1.29, 1.82) is 0 Å². The molecule has 19 heavy (non-hydrogen) atoms. The number of hydrogen-bond acceptors (Lipinski definition) is 1. The lowest BCUT2D eigenvalue weighted by atomic mass is 9.96. The summed E-state index contributed by atoms with van der Waals surface area (Å²) in [5, 5.41) is 5.45. The van der Waals surface area contributed by atoms with E-state index in [1.165, 1.54) is 27.7 Å². The van der Waals surface area contributed by atoms with Crippen LogP contribution in [0.2, 0.25) is 5.02 Å². The molecule has 2 N–H and O–H groups in total. The highest BCUT2D eigenvalue weighted by Crippen LogP contribution is 2.33. The van der Waals surface area contributed by atoms with E-state index < -0.39 is 0 Å². The van der Waals surface area contributed by atoms with Gasteiger partial charge in [0.1, 0.15) is 0 Å². The molecule has 0 atom stereocenters. The van der Waals surface area contributed by atoms with Crippen molar-refractivity contribution in [1.82, 2.24) is 10.3 Å². The Bertz CT molecular complexity index is 625. The third-order valence-electron chi connectivity index (χ3n) is 3.72. The van der Waals surface area contributed by atoms with Crippen LogP contribution in [-0.4, -0.2) is 18.1 Å². The SMILES string of the molecule is CCCc1[nH]c2ccc(Cl)cc2c1C1=CCNCC1. The minimum Gasteiger partial charge on any atom is -0.358 e. The van der Waals surface area contributed by atoms with Crippen molar-refractivity contribution in [3.63, 3.8) is 0 Å². The number of H-pyrrole nitrogens is 1. The molecule has 0 saturated heterocycles. The topological polar surface area (TPSA) is 27.8 Å². The number of aromatic amines is 1. The van der Waals surface area contributed by atoms with E-state index in [0.29, 0.717) is 0 Å². The zero-order valence-corrected chi connectivity index (χ0v) is 12.0. The fraction of sp³-hybridized carbons (Fsp3) is 0.375. The first-order valence-electron chi connectivity index (χ1n) is 7.00. The Kier molecular flexibility index (Phi) is 3.63. The molecule has 0 aliphatic carbocycles. The maximum atomic E-state index is 6.17. The smallest absolute Gasteiger partial charge is 0.0463 e. The van der Waals surface area contributed by atoms with Gasteiger partial charge in [-0.1, -0.05) is 31.0 Å². The van der Waals surface area contributed by atoms with Crippen LogP contribution in [0.15, 0.2) is 24.3 Å². The third-order valence-corrected chi connectivity index (χ3v) is 3.96. The Hall–Kier alpha value is -1.25. The van der Waals surface area contributed by atoms with E-state index in [-0.39, 0.29) is 0 Å². The zero-order valence-electron chi connectivity index (χ0n) is 11.2. The van der Waals surface area contributed by atoms with Gasteiger partial charge in [0.05, 0.1) is 0 Å². The Morgan fingerprint density at radius 1 is 1.32 bits per heavy atom. The molecule has 2 heterocycles. The largest absolute Gasteiger partial charge is 0.358 e. The second-order valence-corrected chi connectivity index (χ2v) is 5.54. The van der Waals surface area contributed by atoms with E-state index in [0.717, 1.165) is 37.4 Å². The Balaban J connectivity index is 2.20. The zero-order chi connectivity index (χ0) is 13.2. The highest BCUT2D eigenvalue weighted by molar-refractivity contribution is 6.31. The van der Waals surface area contributed by atoms with E-state index in [1.807, 2.05) is 6.07 Å². The van der Waals surface area contributed by atoms with Crippen LogP contribution in [0.5, 0.6) is 0 Å². The van der Waals surface area contributed by atoms with Gasteiger partial charge in [-0.05, 0) is 43.2 Å². The molecular weight excluding hydrogens is 256 g/mol. The quantitative estimate of drug-likeness (QED) is 0.865. The molecule has 0 bridgehead atoms. The summed E-state index contributed by atoms with van der Waals surface area (Å²) in [7, 11) is 0. The standard InChI is InChI=1S/C16H19ClN2/c1-2-3-15-16(11-6-8-18-9-7-11)13-10-12(17)4-5-14(13)19-15/h4-6,10,18-19H,2-3,7-9H2,1H3. The molecule has 3 heteroatoms. The Morgan fingerprint density at radius 3 is 2.95 bits per heavy atom. The minimum atomic E-state index is 0.810. The Morgan fingerprint density at radius 2 is 2.21 bits per heavy atom. The summed E-state index contributed by atoms with van der Waals surface area (Å²) in [5.74, 6) is 0. The van der Waals surface area contributed by atoms with Crippen LogP contribution in [-0.2, 0) is 6.42 Å². The van der Waals surface area contributed by atoms with Gasteiger partial charge in [-0.2, -0.15) is 0 Å². The molecule has 0 saturated carbocycles. The van der Waals surface area contributed by atoms with Gasteiger partial charge in [0.15, 0.2) is 0 Å². The van der Waals surface area contributed by atoms with Gasteiger partial charge < -0.3 is 10.3 Å². The summed E-state index contributed by atoms with van der Waals surface area (Å²) >= 11 is 6.17. The molecule has 0 amide bonds. The average molecular weight is 275 g/mol. The van der Waals surface area contributed by atoms with Crippen LogP contribution in [0.25, 0.3) is 16.5 Å². The van der Waals surface area contributed by atoms with Crippen molar-refractivity contribution in [2.75, 3.05) is 13.1 Å². The fourth-order valence-corrected chi connectivity index (χ4v) is 3.05. The normalized spacial score (nSPS) is 15.8. The predicted octanol–water partition coefficient (Wildman–Crippen LogP) is 4.15. The van der Waals surface area contributed by atoms with Crippen LogP contribution < -0.4 is 5.32 Å². The van der Waals surface area contributed by atoms with Crippen molar-refractivity contribution in [2.45, 2.75) is 26.2 Å². The summed E-state index contributed by atoms with van der Waals surface area (Å²) in [6.45, 7) is 4.25. The summed E-state index contributed by atoms with van der Waals surface area (Å²) in [6.07, 6.45) is 5.65. The lowest BCUT2D eigenvalue weighted by Crippen LogP contribution is -2.20. The number of aryl methyl sites for hydroxylation is 1. The van der Waals surface area contributed by atoms with E-state index >= 15 is 0 Å². The monoisotopic (exact) mass is 274 g/mol. The first kappa shape index (κ1) is 12.8. The number of halogens is 1. The van der Waals surface area contributed by atoms with Gasteiger partial charge in [0.25, 0.3) is 0 Å². The lowest BCUT2D eigenvalue weighted by molar-refractivity contribution is 0.737. The van der Waals surface area contributed by atoms with Crippen molar-refractivity contribution in [2.24, 2.45) is 0 Å². The first-order chi connectivity index (χ1) is 9.29. The summed E-state index contributed by atoms with van der Waals surface area (Å²) in [6, 6.07) is 6.13. The molecule has 1 aliphatic heterocycles. The highest BCUT2D eigenvalue weighted by Gasteiger charge is 2.16. The van der Waals surface area contributed by atoms with Gasteiger partial charge in [0.2, 0.25) is 0 Å². The van der Waals surface area contributed by atoms with E-state index in [2.05, 4.69) is 35.4 Å². The van der Waals surface area contributed by atoms with Crippen molar-refractivity contribution in [3.8, 4) is 0 Å². The molecule has 2 nitrogen and oxygen atoms in total. The second-order valence-electron chi connectivity index (χ2n) is 5.10. The van der Waals surface area contributed by atoms with E-state index in [4.69, 9.17) is 11.6 Å². The van der Waals surface area contributed by atoms with Crippen LogP contribution in [0.4, 0.5) is 0 Å². The number of rotatable bonds is 3. The maximum absolute atomic E-state index is 6.17. The number of nitrogens with one attached hydrogen (secondary N) is 2. The molecule has 1 aliphatic rings. The average Bonchev–Trinajstić information content (AvgIpc) is 2.77. The van der Waals surface area contributed by atoms with Gasteiger partial charge >= 0.3 is 0 Å². The maximum Gasteiger partial charge on any atom is 0.0463 e. The Labute approximate surface area is 118 Å². The van der Waals surface area contributed by atoms with Crippen molar-refractivity contribution < 1.29 is 0 Å². The highest BCUT2D eigenvalue weighted by atomic mass is 35.5. The summed E-state index contributed by atoms with van der Waals surface area (Å²) in [4.78, 5) is 3.57. The molecule has 1 aromatic heterocycles. The molecular formula is C16H19ClN2. The molecule has 0 unspecified atom stereocenters. The summed E-state index contributed by atoms with van der Waals surface area (Å²) in [5.41, 5.74) is 5.40. The first-order valence-corrected chi connectivity index (χ1v) is 7.37. The molecule has 100 valence electrons. The van der Waals surface area contributed by atoms with Crippen LogP contribution in [0, 0.1) is 0 Å². The number of benzene rings is 1. The lowest BCUT2D eigenvalue weighted by Gasteiger charge is -2.15. The molecule has 0 radical (unpaired) electrons. The third kappa shape index (κ3) is 2.43. The predicted molar refractivity (Wildman–Crippen MR) is 82.8 cm³/mol. The van der Waals surface area contributed by atoms with Gasteiger partial charge in [-0.15, -0.1) is 0 Å². The fourth-order valence-electron chi connectivity index (χ4n) is 2.87. The van der Waals surface area contributed by atoms with Gasteiger partial charge in [0, 0.05) is 33.7 Å². The van der Waals surface area contributed by atoms with Crippen LogP contribution in [0.1, 0.15) is 31.0 Å². The number of hydrogen-bond donors (Lipinski definition) is 2. The number of aromatic nitrogens is 1. The van der Waals surface area contributed by atoms with Gasteiger partial charge in [-0.25, -0.2) is 0 Å². The summed E-state index contributed by atoms with van der Waals surface area (Å²) < 4.78 is 0. The molecule has 0 fully saturated rings. The second kappa shape index (κ2) is 5.40. The molecule has 3 rings (SSSR count).